The summed E-state index contributed by atoms with van der Waals surface area (Å²) >= 11 is 0. The van der Waals surface area contributed by atoms with E-state index in [0.717, 1.165) is 5.56 Å². The Morgan fingerprint density at radius 3 is 2.20 bits per heavy atom. The minimum atomic E-state index is -0.758. The van der Waals surface area contributed by atoms with Crippen LogP contribution in [0.3, 0.4) is 0 Å². The van der Waals surface area contributed by atoms with E-state index < -0.39 is 6.29 Å². The first-order chi connectivity index (χ1) is 7.17. The fourth-order valence-corrected chi connectivity index (χ4v) is 1.35. The first kappa shape index (κ1) is 11.9. The van der Waals surface area contributed by atoms with E-state index in [0.29, 0.717) is 6.42 Å². The molecule has 82 valence electrons. The van der Waals surface area contributed by atoms with E-state index in [1.165, 1.54) is 19.8 Å². The van der Waals surface area contributed by atoms with Gasteiger partial charge in [0.15, 0.2) is 5.78 Å². The lowest BCUT2D eigenvalue weighted by molar-refractivity contribution is -0.155. The molecule has 0 amide bonds. The van der Waals surface area contributed by atoms with Gasteiger partial charge in [-0.2, -0.15) is 0 Å². The first-order valence-electron chi connectivity index (χ1n) is 4.81. The summed E-state index contributed by atoms with van der Waals surface area (Å²) < 4.78 is 9.77. The number of benzene rings is 1. The fourth-order valence-electron chi connectivity index (χ4n) is 1.35. The van der Waals surface area contributed by atoms with Gasteiger partial charge in [-0.1, -0.05) is 29.8 Å². The van der Waals surface area contributed by atoms with Crippen LogP contribution in [0.4, 0.5) is 0 Å². The maximum Gasteiger partial charge on any atom is 0.217 e. The number of rotatable bonds is 5. The predicted octanol–water partition coefficient (Wildman–Crippen LogP) is 1.73. The summed E-state index contributed by atoms with van der Waals surface area (Å²) in [5, 5.41) is 0. The van der Waals surface area contributed by atoms with Crippen LogP contribution in [0.5, 0.6) is 0 Å². The molecule has 0 aliphatic heterocycles. The van der Waals surface area contributed by atoms with Crippen LogP contribution >= 0.6 is 0 Å². The Morgan fingerprint density at radius 1 is 1.20 bits per heavy atom. The van der Waals surface area contributed by atoms with E-state index in [1.54, 1.807) is 0 Å². The lowest BCUT2D eigenvalue weighted by Crippen LogP contribution is -2.26. The van der Waals surface area contributed by atoms with Crippen molar-refractivity contribution in [2.24, 2.45) is 0 Å². The first-order valence-corrected chi connectivity index (χ1v) is 4.81. The third-order valence-corrected chi connectivity index (χ3v) is 2.19. The average Bonchev–Trinajstić information content (AvgIpc) is 2.23. The van der Waals surface area contributed by atoms with Gasteiger partial charge in [0.1, 0.15) is 0 Å². The molecule has 1 rings (SSSR count). The quantitative estimate of drug-likeness (QED) is 0.691. The van der Waals surface area contributed by atoms with E-state index >= 15 is 0 Å². The summed E-state index contributed by atoms with van der Waals surface area (Å²) in [7, 11) is 2.92. The van der Waals surface area contributed by atoms with Gasteiger partial charge in [0.25, 0.3) is 0 Å². The highest BCUT2D eigenvalue weighted by molar-refractivity contribution is 5.84. The van der Waals surface area contributed by atoms with Gasteiger partial charge in [-0.15, -0.1) is 0 Å². The van der Waals surface area contributed by atoms with Gasteiger partial charge in [-0.3, -0.25) is 4.79 Å². The number of hydrogen-bond donors (Lipinski definition) is 0. The Balaban J connectivity index is 2.61. The molecule has 0 fully saturated rings. The number of aryl methyl sites for hydroxylation is 1. The second-order valence-corrected chi connectivity index (χ2v) is 3.43. The molecule has 0 atom stereocenters. The summed E-state index contributed by atoms with van der Waals surface area (Å²) in [6, 6.07) is 7.85. The maximum absolute atomic E-state index is 11.6. The van der Waals surface area contributed by atoms with Gasteiger partial charge >= 0.3 is 0 Å². The van der Waals surface area contributed by atoms with Gasteiger partial charge in [0.2, 0.25) is 6.29 Å². The lowest BCUT2D eigenvalue weighted by atomic mass is 10.1. The van der Waals surface area contributed by atoms with Gasteiger partial charge in [0, 0.05) is 20.6 Å². The van der Waals surface area contributed by atoms with E-state index in [4.69, 9.17) is 9.47 Å². The normalized spacial score (nSPS) is 10.7. The molecule has 0 N–H and O–H groups in total. The predicted molar refractivity (Wildman–Crippen MR) is 57.7 cm³/mol. The number of methoxy groups -OCH3 is 2. The summed E-state index contributed by atoms with van der Waals surface area (Å²) in [4.78, 5) is 11.6. The topological polar surface area (TPSA) is 35.5 Å². The molecule has 0 heterocycles. The second kappa shape index (κ2) is 5.63. The van der Waals surface area contributed by atoms with Gasteiger partial charge in [0.05, 0.1) is 0 Å². The highest BCUT2D eigenvalue weighted by Crippen LogP contribution is 2.06. The summed E-state index contributed by atoms with van der Waals surface area (Å²) in [6.07, 6.45) is -0.418. The van der Waals surface area contributed by atoms with Crippen molar-refractivity contribution in [2.75, 3.05) is 14.2 Å². The number of ether oxygens (including phenoxy) is 2. The maximum atomic E-state index is 11.6. The Hall–Kier alpha value is -1.19. The Kier molecular flexibility index (Phi) is 4.46. The van der Waals surface area contributed by atoms with Crippen molar-refractivity contribution in [2.45, 2.75) is 19.6 Å². The number of ketones is 1. The zero-order valence-electron chi connectivity index (χ0n) is 9.32. The van der Waals surface area contributed by atoms with Crippen LogP contribution in [-0.2, 0) is 20.7 Å². The summed E-state index contributed by atoms with van der Waals surface area (Å²) in [6.45, 7) is 2.01. The monoisotopic (exact) mass is 208 g/mol. The molecule has 3 heteroatoms. The zero-order chi connectivity index (χ0) is 11.3. The molecule has 0 saturated carbocycles. The van der Waals surface area contributed by atoms with Crippen molar-refractivity contribution >= 4 is 5.78 Å². The highest BCUT2D eigenvalue weighted by Gasteiger charge is 2.16. The second-order valence-electron chi connectivity index (χ2n) is 3.43. The van der Waals surface area contributed by atoms with Crippen LogP contribution < -0.4 is 0 Å². The van der Waals surface area contributed by atoms with E-state index in [2.05, 4.69) is 0 Å². The molecule has 3 nitrogen and oxygen atoms in total. The SMILES string of the molecule is COC(OC)C(=O)Cc1ccc(C)cc1. The van der Waals surface area contributed by atoms with Gasteiger partial charge in [-0.25, -0.2) is 0 Å². The van der Waals surface area contributed by atoms with Crippen LogP contribution in [0.1, 0.15) is 11.1 Å². The molecule has 0 saturated heterocycles. The molecule has 15 heavy (non-hydrogen) atoms. The molecule has 0 aliphatic carbocycles. The van der Waals surface area contributed by atoms with E-state index in [-0.39, 0.29) is 5.78 Å². The molecule has 1 aromatic carbocycles. The highest BCUT2D eigenvalue weighted by atomic mass is 16.7. The van der Waals surface area contributed by atoms with E-state index in [9.17, 15) is 4.79 Å². The lowest BCUT2D eigenvalue weighted by Gasteiger charge is -2.11. The van der Waals surface area contributed by atoms with Crippen LogP contribution in [-0.4, -0.2) is 26.3 Å². The van der Waals surface area contributed by atoms with Crippen molar-refractivity contribution in [3.05, 3.63) is 35.4 Å². The zero-order valence-corrected chi connectivity index (χ0v) is 9.32. The summed E-state index contributed by atoms with van der Waals surface area (Å²) in [5.41, 5.74) is 2.16. The number of carbonyl (C=O) groups excluding carboxylic acids is 1. The van der Waals surface area contributed by atoms with Crippen molar-refractivity contribution < 1.29 is 14.3 Å². The van der Waals surface area contributed by atoms with Gasteiger partial charge in [-0.05, 0) is 12.5 Å². The smallest absolute Gasteiger partial charge is 0.217 e. The minimum Gasteiger partial charge on any atom is -0.349 e. The molecule has 0 spiro atoms. The van der Waals surface area contributed by atoms with Crippen LogP contribution in [0.2, 0.25) is 0 Å². The molecular weight excluding hydrogens is 192 g/mol. The fraction of sp³-hybridized carbons (Fsp3) is 0.417. The number of carbonyl (C=O) groups is 1. The molecule has 0 bridgehead atoms. The largest absolute Gasteiger partial charge is 0.349 e. The Morgan fingerprint density at radius 2 is 1.73 bits per heavy atom. The Bertz CT molecular complexity index is 312. The average molecular weight is 208 g/mol. The molecule has 0 radical (unpaired) electrons. The van der Waals surface area contributed by atoms with Crippen LogP contribution in [0.15, 0.2) is 24.3 Å². The number of hydrogen-bond acceptors (Lipinski definition) is 3. The molecule has 1 aromatic rings. The molecule has 0 aromatic heterocycles. The third-order valence-electron chi connectivity index (χ3n) is 2.19. The van der Waals surface area contributed by atoms with Crippen molar-refractivity contribution in [3.8, 4) is 0 Å². The van der Waals surface area contributed by atoms with E-state index in [1.807, 2.05) is 31.2 Å². The van der Waals surface area contributed by atoms with Gasteiger partial charge < -0.3 is 9.47 Å². The van der Waals surface area contributed by atoms with Crippen LogP contribution in [0, 0.1) is 6.92 Å². The molecule has 0 unspecified atom stereocenters. The molecular formula is C12H16O3. The summed E-state index contributed by atoms with van der Waals surface area (Å²) in [5.74, 6) is -0.0659. The van der Waals surface area contributed by atoms with Crippen molar-refractivity contribution in [3.63, 3.8) is 0 Å². The Labute approximate surface area is 90.0 Å². The minimum absolute atomic E-state index is 0.0659. The van der Waals surface area contributed by atoms with Crippen LogP contribution in [0.25, 0.3) is 0 Å². The standard InChI is InChI=1S/C12H16O3/c1-9-4-6-10(7-5-9)8-11(13)12(14-2)15-3/h4-7,12H,8H2,1-3H3. The van der Waals surface area contributed by atoms with Crippen molar-refractivity contribution in [1.29, 1.82) is 0 Å². The number of Topliss-reactive ketones (excluding diaryl/α,β-unsaturated/α-hetero) is 1. The third kappa shape index (κ3) is 3.46. The molecule has 0 aliphatic rings. The van der Waals surface area contributed by atoms with Crippen molar-refractivity contribution in [1.82, 2.24) is 0 Å².